The fraction of sp³-hybridized carbons (Fsp3) is 0.286. The average Bonchev–Trinajstić information content (AvgIpc) is 3.00. The zero-order valence-electron chi connectivity index (χ0n) is 11.2. The molecule has 0 saturated carbocycles. The van der Waals surface area contributed by atoms with Crippen LogP contribution in [-0.2, 0) is 13.0 Å². The summed E-state index contributed by atoms with van der Waals surface area (Å²) in [4.78, 5) is 5.34. The van der Waals surface area contributed by atoms with Crippen molar-refractivity contribution in [1.82, 2.24) is 14.6 Å². The van der Waals surface area contributed by atoms with Gasteiger partial charge >= 0.3 is 0 Å². The van der Waals surface area contributed by atoms with E-state index in [0.29, 0.717) is 19.0 Å². The average molecular weight is 288 g/mol. The first-order chi connectivity index (χ1) is 9.76. The summed E-state index contributed by atoms with van der Waals surface area (Å²) in [5.74, 6) is 1.52. The molecule has 20 heavy (non-hydrogen) atoms. The van der Waals surface area contributed by atoms with Gasteiger partial charge in [-0.15, -0.1) is 16.4 Å². The summed E-state index contributed by atoms with van der Waals surface area (Å²) < 4.78 is 7.54. The lowest BCUT2D eigenvalue weighted by Crippen LogP contribution is -2.05. The normalized spacial score (nSPS) is 11.1. The molecule has 0 bridgehead atoms. The Kier molecular flexibility index (Phi) is 3.66. The maximum atomic E-state index is 5.69. The van der Waals surface area contributed by atoms with Crippen molar-refractivity contribution in [2.24, 2.45) is 5.73 Å². The zero-order chi connectivity index (χ0) is 13.9. The lowest BCUT2D eigenvalue weighted by atomic mass is 10.2. The number of nitrogens with zero attached hydrogens (tertiary/aromatic N) is 3. The molecule has 0 aliphatic rings. The van der Waals surface area contributed by atoms with Gasteiger partial charge in [0.1, 0.15) is 12.4 Å². The van der Waals surface area contributed by atoms with Crippen LogP contribution in [0.5, 0.6) is 5.75 Å². The predicted octanol–water partition coefficient (Wildman–Crippen LogP) is 2.18. The van der Waals surface area contributed by atoms with Gasteiger partial charge in [-0.2, -0.15) is 4.98 Å². The summed E-state index contributed by atoms with van der Waals surface area (Å²) in [6, 6.07) is 7.95. The van der Waals surface area contributed by atoms with Crippen molar-refractivity contribution in [3.05, 3.63) is 46.7 Å². The highest BCUT2D eigenvalue weighted by Gasteiger charge is 2.09. The topological polar surface area (TPSA) is 65.4 Å². The highest BCUT2D eigenvalue weighted by molar-refractivity contribution is 7.15. The molecule has 6 heteroatoms. The molecule has 0 amide bonds. The molecule has 5 nitrogen and oxygen atoms in total. The molecule has 0 saturated heterocycles. The van der Waals surface area contributed by atoms with E-state index < -0.39 is 0 Å². The van der Waals surface area contributed by atoms with Gasteiger partial charge in [0.15, 0.2) is 5.82 Å². The van der Waals surface area contributed by atoms with Gasteiger partial charge in [0, 0.05) is 11.8 Å². The number of rotatable bonds is 5. The molecule has 0 unspecified atom stereocenters. The van der Waals surface area contributed by atoms with Gasteiger partial charge in [-0.25, -0.2) is 4.52 Å². The number of thiazole rings is 1. The molecular weight excluding hydrogens is 272 g/mol. The van der Waals surface area contributed by atoms with E-state index in [4.69, 9.17) is 10.5 Å². The van der Waals surface area contributed by atoms with Crippen molar-refractivity contribution in [2.75, 3.05) is 6.54 Å². The number of fused-ring (bicyclic) bond motifs is 1. The molecule has 0 aliphatic carbocycles. The minimum atomic E-state index is 0.375. The Morgan fingerprint density at radius 3 is 2.85 bits per heavy atom. The second-order valence-corrected chi connectivity index (χ2v) is 5.43. The van der Waals surface area contributed by atoms with Crippen LogP contribution in [0.15, 0.2) is 29.6 Å². The van der Waals surface area contributed by atoms with Crippen molar-refractivity contribution in [2.45, 2.75) is 20.0 Å². The molecule has 3 aromatic rings. The highest BCUT2D eigenvalue weighted by atomic mass is 32.1. The number of benzene rings is 1. The Labute approximate surface area is 121 Å². The quantitative estimate of drug-likeness (QED) is 0.781. The number of hydrogen-bond acceptors (Lipinski definition) is 5. The van der Waals surface area contributed by atoms with Crippen LogP contribution in [0.2, 0.25) is 0 Å². The first kappa shape index (κ1) is 13.1. The lowest BCUT2D eigenvalue weighted by Gasteiger charge is -2.03. The predicted molar refractivity (Wildman–Crippen MR) is 79.1 cm³/mol. The number of hydrogen-bond donors (Lipinski definition) is 1. The van der Waals surface area contributed by atoms with E-state index in [1.807, 2.05) is 41.1 Å². The number of aryl methyl sites for hydroxylation is 1. The van der Waals surface area contributed by atoms with Crippen LogP contribution >= 0.6 is 11.3 Å². The third-order valence-corrected chi connectivity index (χ3v) is 3.85. The summed E-state index contributed by atoms with van der Waals surface area (Å²) in [5.41, 5.74) is 7.89. The van der Waals surface area contributed by atoms with Gasteiger partial charge in [-0.1, -0.05) is 17.7 Å². The van der Waals surface area contributed by atoms with Gasteiger partial charge in [-0.3, -0.25) is 0 Å². The lowest BCUT2D eigenvalue weighted by molar-refractivity contribution is 0.296. The van der Waals surface area contributed by atoms with E-state index in [2.05, 4.69) is 10.1 Å². The van der Waals surface area contributed by atoms with Gasteiger partial charge in [0.2, 0.25) is 4.96 Å². The van der Waals surface area contributed by atoms with Crippen molar-refractivity contribution in [1.29, 1.82) is 0 Å². The molecule has 0 spiro atoms. The van der Waals surface area contributed by atoms with Crippen LogP contribution in [0.1, 0.15) is 17.1 Å². The van der Waals surface area contributed by atoms with Crippen molar-refractivity contribution in [3.63, 3.8) is 0 Å². The van der Waals surface area contributed by atoms with Crippen LogP contribution in [-0.4, -0.2) is 21.1 Å². The van der Waals surface area contributed by atoms with Gasteiger partial charge in [0.05, 0.1) is 5.69 Å². The molecular formula is C14H16N4OS. The Balaban J connectivity index is 1.72. The van der Waals surface area contributed by atoms with E-state index in [-0.39, 0.29) is 0 Å². The fourth-order valence-electron chi connectivity index (χ4n) is 1.93. The summed E-state index contributed by atoms with van der Waals surface area (Å²) in [6.07, 6.45) is 0.807. The molecule has 0 atom stereocenters. The molecule has 0 aliphatic heterocycles. The second kappa shape index (κ2) is 5.60. The number of nitrogens with two attached hydrogens (primary N) is 1. The van der Waals surface area contributed by atoms with E-state index >= 15 is 0 Å². The third kappa shape index (κ3) is 2.66. The largest absolute Gasteiger partial charge is 0.486 e. The van der Waals surface area contributed by atoms with Crippen LogP contribution in [0, 0.1) is 6.92 Å². The van der Waals surface area contributed by atoms with Crippen molar-refractivity contribution >= 4 is 16.3 Å². The van der Waals surface area contributed by atoms with Gasteiger partial charge < -0.3 is 10.5 Å². The minimum absolute atomic E-state index is 0.375. The monoisotopic (exact) mass is 288 g/mol. The summed E-state index contributed by atoms with van der Waals surface area (Å²) in [6.45, 7) is 3.04. The summed E-state index contributed by atoms with van der Waals surface area (Å²) in [5, 5.41) is 6.51. The zero-order valence-corrected chi connectivity index (χ0v) is 12.1. The second-order valence-electron chi connectivity index (χ2n) is 4.59. The molecule has 3 rings (SSSR count). The van der Waals surface area contributed by atoms with Crippen molar-refractivity contribution < 1.29 is 4.74 Å². The van der Waals surface area contributed by atoms with Crippen LogP contribution in [0.4, 0.5) is 0 Å². The Morgan fingerprint density at radius 1 is 1.30 bits per heavy atom. The maximum Gasteiger partial charge on any atom is 0.212 e. The molecule has 2 aromatic heterocycles. The Hall–Kier alpha value is -1.92. The van der Waals surface area contributed by atoms with E-state index in [0.717, 1.165) is 22.8 Å². The molecule has 2 heterocycles. The first-order valence-electron chi connectivity index (χ1n) is 6.48. The summed E-state index contributed by atoms with van der Waals surface area (Å²) >= 11 is 1.58. The van der Waals surface area contributed by atoms with Crippen molar-refractivity contribution in [3.8, 4) is 5.75 Å². The first-order valence-corrected chi connectivity index (χ1v) is 7.36. The standard InChI is InChI=1S/C14H16N4OS/c1-10-2-4-12(5-3-10)19-8-13-16-14-18(17-13)11(6-7-15)9-20-14/h2-5,9H,6-8,15H2,1H3. The highest BCUT2D eigenvalue weighted by Crippen LogP contribution is 2.16. The van der Waals surface area contributed by atoms with E-state index in [1.54, 1.807) is 11.3 Å². The smallest absolute Gasteiger partial charge is 0.212 e. The minimum Gasteiger partial charge on any atom is -0.486 e. The summed E-state index contributed by atoms with van der Waals surface area (Å²) in [7, 11) is 0. The Morgan fingerprint density at radius 2 is 2.10 bits per heavy atom. The van der Waals surface area contributed by atoms with E-state index in [9.17, 15) is 0 Å². The van der Waals surface area contributed by atoms with E-state index in [1.165, 1.54) is 5.56 Å². The van der Waals surface area contributed by atoms with Crippen LogP contribution < -0.4 is 10.5 Å². The molecule has 1 aromatic carbocycles. The SMILES string of the molecule is Cc1ccc(OCc2nc3scc(CCN)n3n2)cc1. The van der Waals surface area contributed by atoms with Crippen LogP contribution in [0.25, 0.3) is 4.96 Å². The fourth-order valence-corrected chi connectivity index (χ4v) is 2.80. The molecule has 104 valence electrons. The number of aromatic nitrogens is 3. The van der Waals surface area contributed by atoms with Gasteiger partial charge in [0.25, 0.3) is 0 Å². The molecule has 0 radical (unpaired) electrons. The number of ether oxygens (including phenoxy) is 1. The van der Waals surface area contributed by atoms with Crippen LogP contribution in [0.3, 0.4) is 0 Å². The third-order valence-electron chi connectivity index (χ3n) is 2.98. The molecule has 0 fully saturated rings. The maximum absolute atomic E-state index is 5.69. The Bertz CT molecular complexity index is 702. The van der Waals surface area contributed by atoms with Gasteiger partial charge in [-0.05, 0) is 25.6 Å². The molecule has 2 N–H and O–H groups in total.